The average Bonchev–Trinajstić information content (AvgIpc) is 2.34. The molecule has 0 heterocycles. The van der Waals surface area contributed by atoms with Crippen molar-refractivity contribution in [3.63, 3.8) is 0 Å². The van der Waals surface area contributed by atoms with Crippen LogP contribution < -0.4 is 15.8 Å². The Bertz CT molecular complexity index is 428. The molecule has 18 heavy (non-hydrogen) atoms. The van der Waals surface area contributed by atoms with E-state index in [1.165, 1.54) is 0 Å². The molecule has 0 saturated carbocycles. The first-order chi connectivity index (χ1) is 8.50. The lowest BCUT2D eigenvalue weighted by atomic mass is 10.2. The molecule has 4 heteroatoms. The average molecular weight is 248 g/mol. The number of hydrogen-bond donors (Lipinski definition) is 2. The van der Waals surface area contributed by atoms with E-state index in [0.717, 1.165) is 5.57 Å². The van der Waals surface area contributed by atoms with Crippen LogP contribution in [0.15, 0.2) is 36.4 Å². The number of ether oxygens (including phenoxy) is 1. The summed E-state index contributed by atoms with van der Waals surface area (Å²) in [7, 11) is 0. The third-order valence-corrected chi connectivity index (χ3v) is 2.34. The van der Waals surface area contributed by atoms with Crippen molar-refractivity contribution in [2.75, 3.05) is 13.2 Å². The molecular formula is C14H20N2O2. The zero-order valence-electron chi connectivity index (χ0n) is 10.9. The molecule has 0 fully saturated rings. The van der Waals surface area contributed by atoms with Crippen molar-refractivity contribution in [1.29, 1.82) is 0 Å². The van der Waals surface area contributed by atoms with Gasteiger partial charge in [0.1, 0.15) is 12.4 Å². The van der Waals surface area contributed by atoms with Gasteiger partial charge in [-0.15, -0.1) is 0 Å². The number of rotatable bonds is 7. The van der Waals surface area contributed by atoms with Crippen LogP contribution in [0.25, 0.3) is 0 Å². The highest BCUT2D eigenvalue weighted by atomic mass is 16.5. The highest BCUT2D eigenvalue weighted by Gasteiger charge is 2.08. The summed E-state index contributed by atoms with van der Waals surface area (Å²) >= 11 is 0. The van der Waals surface area contributed by atoms with Gasteiger partial charge in [-0.25, -0.2) is 0 Å². The second-order valence-corrected chi connectivity index (χ2v) is 4.43. The summed E-state index contributed by atoms with van der Waals surface area (Å²) in [5, 5.41) is 3.25. The topological polar surface area (TPSA) is 64.3 Å². The number of nitrogens with two attached hydrogens (primary N) is 1. The summed E-state index contributed by atoms with van der Waals surface area (Å²) in [6, 6.07) is 7.33. The van der Waals surface area contributed by atoms with Crippen LogP contribution in [0.1, 0.15) is 24.2 Å². The van der Waals surface area contributed by atoms with Crippen molar-refractivity contribution in [3.8, 4) is 5.75 Å². The molecule has 4 nitrogen and oxygen atoms in total. The minimum absolute atomic E-state index is 0.365. The number of carbonyl (C=O) groups excluding carboxylic acids is 1. The lowest BCUT2D eigenvalue weighted by molar-refractivity contribution is 0.0997. The van der Waals surface area contributed by atoms with Gasteiger partial charge in [-0.05, 0) is 17.7 Å². The Kier molecular flexibility index (Phi) is 5.39. The zero-order valence-corrected chi connectivity index (χ0v) is 10.9. The Labute approximate surface area is 108 Å². The molecule has 1 aromatic carbocycles. The van der Waals surface area contributed by atoms with Crippen LogP contribution in [-0.2, 0) is 0 Å². The van der Waals surface area contributed by atoms with Crippen LogP contribution in [-0.4, -0.2) is 25.1 Å². The van der Waals surface area contributed by atoms with Crippen LogP contribution >= 0.6 is 0 Å². The van der Waals surface area contributed by atoms with E-state index in [2.05, 4.69) is 25.7 Å². The van der Waals surface area contributed by atoms with Gasteiger partial charge < -0.3 is 15.8 Å². The molecule has 0 atom stereocenters. The van der Waals surface area contributed by atoms with E-state index in [9.17, 15) is 4.79 Å². The normalized spacial score (nSPS) is 10.4. The summed E-state index contributed by atoms with van der Waals surface area (Å²) in [6.45, 7) is 9.10. The highest BCUT2D eigenvalue weighted by molar-refractivity contribution is 5.95. The maximum Gasteiger partial charge on any atom is 0.252 e. The standard InChI is InChI=1S/C14H20N2O2/c1-10(2)16-8-11(3)9-18-13-7-5-4-6-12(13)14(15)17/h4-7,10,16H,3,8-9H2,1-2H3,(H2,15,17). The van der Waals surface area contributed by atoms with Crippen molar-refractivity contribution in [2.24, 2.45) is 5.73 Å². The summed E-state index contributed by atoms with van der Waals surface area (Å²) in [6.07, 6.45) is 0. The maximum atomic E-state index is 11.2. The third kappa shape index (κ3) is 4.59. The smallest absolute Gasteiger partial charge is 0.252 e. The fourth-order valence-electron chi connectivity index (χ4n) is 1.38. The number of benzene rings is 1. The Hall–Kier alpha value is -1.81. The molecule has 3 N–H and O–H groups in total. The van der Waals surface area contributed by atoms with Crippen LogP contribution in [0.4, 0.5) is 0 Å². The van der Waals surface area contributed by atoms with Gasteiger partial charge in [0, 0.05) is 12.6 Å². The number of nitrogens with one attached hydrogen (secondary N) is 1. The molecule has 0 aromatic heterocycles. The molecular weight excluding hydrogens is 228 g/mol. The van der Waals surface area contributed by atoms with Gasteiger partial charge >= 0.3 is 0 Å². The third-order valence-electron chi connectivity index (χ3n) is 2.34. The van der Waals surface area contributed by atoms with Gasteiger partial charge in [0.05, 0.1) is 5.56 Å². The monoisotopic (exact) mass is 248 g/mol. The number of para-hydroxylation sites is 1. The number of primary amides is 1. The number of amides is 1. The van der Waals surface area contributed by atoms with E-state index in [1.54, 1.807) is 24.3 Å². The molecule has 1 rings (SSSR count). The first-order valence-electron chi connectivity index (χ1n) is 5.92. The Balaban J connectivity index is 2.53. The van der Waals surface area contributed by atoms with Crippen molar-refractivity contribution >= 4 is 5.91 Å². The maximum absolute atomic E-state index is 11.2. The highest BCUT2D eigenvalue weighted by Crippen LogP contribution is 2.17. The lowest BCUT2D eigenvalue weighted by Gasteiger charge is -2.13. The van der Waals surface area contributed by atoms with Crippen LogP contribution in [0, 0.1) is 0 Å². The molecule has 1 aromatic rings. The second kappa shape index (κ2) is 6.81. The lowest BCUT2D eigenvalue weighted by Crippen LogP contribution is -2.26. The minimum atomic E-state index is -0.489. The van der Waals surface area contributed by atoms with Crippen molar-refractivity contribution in [3.05, 3.63) is 42.0 Å². The van der Waals surface area contributed by atoms with E-state index >= 15 is 0 Å². The first-order valence-corrected chi connectivity index (χ1v) is 5.92. The van der Waals surface area contributed by atoms with E-state index in [0.29, 0.717) is 30.5 Å². The molecule has 0 aliphatic carbocycles. The van der Waals surface area contributed by atoms with Crippen molar-refractivity contribution < 1.29 is 9.53 Å². The van der Waals surface area contributed by atoms with Gasteiger partial charge in [-0.2, -0.15) is 0 Å². The largest absolute Gasteiger partial charge is 0.488 e. The van der Waals surface area contributed by atoms with Crippen LogP contribution in [0.2, 0.25) is 0 Å². The SMILES string of the molecule is C=C(CNC(C)C)COc1ccccc1C(N)=O. The van der Waals surface area contributed by atoms with Crippen LogP contribution in [0.5, 0.6) is 5.75 Å². The second-order valence-electron chi connectivity index (χ2n) is 4.43. The number of carbonyl (C=O) groups is 1. The molecule has 98 valence electrons. The van der Waals surface area contributed by atoms with E-state index in [1.807, 2.05) is 0 Å². The molecule has 0 aliphatic heterocycles. The van der Waals surface area contributed by atoms with Gasteiger partial charge in [-0.3, -0.25) is 4.79 Å². The fourth-order valence-corrected chi connectivity index (χ4v) is 1.38. The zero-order chi connectivity index (χ0) is 13.5. The number of hydrogen-bond acceptors (Lipinski definition) is 3. The molecule has 0 unspecified atom stereocenters. The Morgan fingerprint density at radius 1 is 1.44 bits per heavy atom. The van der Waals surface area contributed by atoms with E-state index in [-0.39, 0.29) is 0 Å². The van der Waals surface area contributed by atoms with E-state index in [4.69, 9.17) is 10.5 Å². The predicted octanol–water partition coefficient (Wildman–Crippen LogP) is 1.72. The van der Waals surface area contributed by atoms with Crippen LogP contribution in [0.3, 0.4) is 0 Å². The Morgan fingerprint density at radius 3 is 2.72 bits per heavy atom. The van der Waals surface area contributed by atoms with Crippen molar-refractivity contribution in [2.45, 2.75) is 19.9 Å². The molecule has 0 radical (unpaired) electrons. The molecule has 0 saturated heterocycles. The quantitative estimate of drug-likeness (QED) is 0.722. The Morgan fingerprint density at radius 2 is 2.11 bits per heavy atom. The van der Waals surface area contributed by atoms with Gasteiger partial charge in [0.25, 0.3) is 5.91 Å². The van der Waals surface area contributed by atoms with E-state index < -0.39 is 5.91 Å². The molecule has 0 aliphatic rings. The summed E-state index contributed by atoms with van der Waals surface area (Å²) in [5.41, 5.74) is 6.58. The fraction of sp³-hybridized carbons (Fsp3) is 0.357. The predicted molar refractivity (Wildman–Crippen MR) is 72.7 cm³/mol. The molecule has 0 spiro atoms. The van der Waals surface area contributed by atoms with Gasteiger partial charge in [0.15, 0.2) is 0 Å². The molecule has 1 amide bonds. The van der Waals surface area contributed by atoms with Gasteiger partial charge in [-0.1, -0.05) is 32.6 Å². The van der Waals surface area contributed by atoms with Crippen molar-refractivity contribution in [1.82, 2.24) is 5.32 Å². The first kappa shape index (κ1) is 14.3. The summed E-state index contributed by atoms with van der Waals surface area (Å²) in [4.78, 5) is 11.2. The summed E-state index contributed by atoms with van der Waals surface area (Å²) < 4.78 is 5.55. The summed E-state index contributed by atoms with van der Waals surface area (Å²) in [5.74, 6) is 0.00668. The molecule has 0 bridgehead atoms. The minimum Gasteiger partial charge on any atom is -0.488 e. The van der Waals surface area contributed by atoms with Gasteiger partial charge in [0.2, 0.25) is 0 Å².